The third-order valence-corrected chi connectivity index (χ3v) is 4.33. The van der Waals surface area contributed by atoms with Gasteiger partial charge in [0.25, 0.3) is 0 Å². The number of nitrogens with zero attached hydrogens (tertiary/aromatic N) is 1. The zero-order chi connectivity index (χ0) is 11.8. The van der Waals surface area contributed by atoms with E-state index in [0.717, 1.165) is 12.8 Å². The number of benzene rings is 1. The van der Waals surface area contributed by atoms with E-state index in [1.165, 1.54) is 18.4 Å². The number of ketones is 1. The summed E-state index contributed by atoms with van der Waals surface area (Å²) in [5.41, 5.74) is 1.37. The molecule has 0 N–H and O–H groups in total. The minimum Gasteiger partial charge on any atom is -0.300 e. The third kappa shape index (κ3) is 1.91. The lowest BCUT2D eigenvalue weighted by atomic mass is 9.96. The van der Waals surface area contributed by atoms with Gasteiger partial charge in [0.1, 0.15) is 5.78 Å². The average Bonchev–Trinajstić information content (AvgIpc) is 2.62. The van der Waals surface area contributed by atoms with Gasteiger partial charge in [0, 0.05) is 31.0 Å². The van der Waals surface area contributed by atoms with Crippen molar-refractivity contribution in [3.8, 4) is 0 Å². The SMILES string of the molecule is CC(c1ccccc1)N1C2CCC1CC(=O)C2. The topological polar surface area (TPSA) is 20.3 Å². The van der Waals surface area contributed by atoms with E-state index in [1.807, 2.05) is 0 Å². The number of carbonyl (C=O) groups is 1. The van der Waals surface area contributed by atoms with E-state index in [-0.39, 0.29) is 0 Å². The van der Waals surface area contributed by atoms with Crippen LogP contribution in [0.25, 0.3) is 0 Å². The van der Waals surface area contributed by atoms with Crippen LogP contribution >= 0.6 is 0 Å². The summed E-state index contributed by atoms with van der Waals surface area (Å²) in [6, 6.07) is 12.1. The smallest absolute Gasteiger partial charge is 0.136 e. The van der Waals surface area contributed by atoms with Crippen LogP contribution in [0.4, 0.5) is 0 Å². The minimum atomic E-state index is 0.446. The molecular formula is C15H19NO. The zero-order valence-corrected chi connectivity index (χ0v) is 10.3. The van der Waals surface area contributed by atoms with Crippen molar-refractivity contribution in [2.24, 2.45) is 0 Å². The molecule has 0 amide bonds. The molecule has 2 bridgehead atoms. The van der Waals surface area contributed by atoms with Crippen LogP contribution in [0.5, 0.6) is 0 Å². The Morgan fingerprint density at radius 3 is 2.29 bits per heavy atom. The molecule has 17 heavy (non-hydrogen) atoms. The number of hydrogen-bond donors (Lipinski definition) is 0. The molecule has 0 saturated carbocycles. The summed E-state index contributed by atoms with van der Waals surface area (Å²) in [6.07, 6.45) is 3.95. The molecule has 2 aliphatic rings. The van der Waals surface area contributed by atoms with Gasteiger partial charge < -0.3 is 0 Å². The molecule has 0 aliphatic carbocycles. The second kappa shape index (κ2) is 4.26. The van der Waals surface area contributed by atoms with Crippen molar-refractivity contribution >= 4 is 5.78 Å². The highest BCUT2D eigenvalue weighted by molar-refractivity contribution is 5.81. The predicted molar refractivity (Wildman–Crippen MR) is 67.7 cm³/mol. The van der Waals surface area contributed by atoms with E-state index >= 15 is 0 Å². The fraction of sp³-hybridized carbons (Fsp3) is 0.533. The van der Waals surface area contributed by atoms with Gasteiger partial charge in [-0.25, -0.2) is 0 Å². The first-order chi connectivity index (χ1) is 8.25. The van der Waals surface area contributed by atoms with Crippen LogP contribution in [0.2, 0.25) is 0 Å². The standard InChI is InChI=1S/C15H19NO/c1-11(12-5-3-2-4-6-12)16-13-7-8-14(16)10-15(17)9-13/h2-6,11,13-14H,7-10H2,1H3. The molecule has 1 aromatic carbocycles. The first-order valence-corrected chi connectivity index (χ1v) is 6.60. The predicted octanol–water partition coefficient (Wildman–Crippen LogP) is 2.94. The summed E-state index contributed by atoms with van der Waals surface area (Å²) in [5.74, 6) is 0.467. The van der Waals surface area contributed by atoms with Crippen molar-refractivity contribution in [2.45, 2.75) is 50.7 Å². The van der Waals surface area contributed by atoms with Gasteiger partial charge in [-0.3, -0.25) is 9.69 Å². The summed E-state index contributed by atoms with van der Waals surface area (Å²) in [5, 5.41) is 0. The lowest BCUT2D eigenvalue weighted by Gasteiger charge is -2.38. The molecular weight excluding hydrogens is 210 g/mol. The van der Waals surface area contributed by atoms with Crippen molar-refractivity contribution in [1.82, 2.24) is 4.90 Å². The van der Waals surface area contributed by atoms with Gasteiger partial charge in [-0.1, -0.05) is 30.3 Å². The van der Waals surface area contributed by atoms with E-state index in [2.05, 4.69) is 42.2 Å². The van der Waals surface area contributed by atoms with Crippen LogP contribution in [0.1, 0.15) is 44.2 Å². The molecule has 2 nitrogen and oxygen atoms in total. The molecule has 0 aromatic heterocycles. The number of fused-ring (bicyclic) bond motifs is 2. The first kappa shape index (κ1) is 11.0. The van der Waals surface area contributed by atoms with Crippen LogP contribution in [0.3, 0.4) is 0 Å². The number of rotatable bonds is 2. The highest BCUT2D eigenvalue weighted by Crippen LogP contribution is 2.39. The molecule has 3 atom stereocenters. The Morgan fingerprint density at radius 1 is 1.12 bits per heavy atom. The van der Waals surface area contributed by atoms with Gasteiger partial charge in [-0.05, 0) is 25.3 Å². The quantitative estimate of drug-likeness (QED) is 0.777. The Labute approximate surface area is 103 Å². The van der Waals surface area contributed by atoms with E-state index < -0.39 is 0 Å². The van der Waals surface area contributed by atoms with Gasteiger partial charge in [-0.2, -0.15) is 0 Å². The molecule has 3 unspecified atom stereocenters. The number of Topliss-reactive ketones (excluding diaryl/α,β-unsaturated/α-hetero) is 1. The third-order valence-electron chi connectivity index (χ3n) is 4.33. The molecule has 2 heterocycles. The summed E-state index contributed by atoms with van der Waals surface area (Å²) >= 11 is 0. The zero-order valence-electron chi connectivity index (χ0n) is 10.3. The summed E-state index contributed by atoms with van der Waals surface area (Å²) in [7, 11) is 0. The van der Waals surface area contributed by atoms with Crippen molar-refractivity contribution in [3.05, 3.63) is 35.9 Å². The van der Waals surface area contributed by atoms with Crippen LogP contribution in [-0.4, -0.2) is 22.8 Å². The Morgan fingerprint density at radius 2 is 1.71 bits per heavy atom. The van der Waals surface area contributed by atoms with Crippen LogP contribution in [0.15, 0.2) is 30.3 Å². The molecule has 1 aromatic rings. The molecule has 2 fully saturated rings. The van der Waals surface area contributed by atoms with Crippen molar-refractivity contribution in [1.29, 1.82) is 0 Å². The number of piperidine rings is 1. The highest BCUT2D eigenvalue weighted by atomic mass is 16.1. The average molecular weight is 229 g/mol. The molecule has 2 aliphatic heterocycles. The lowest BCUT2D eigenvalue weighted by Crippen LogP contribution is -2.44. The molecule has 0 radical (unpaired) electrons. The van der Waals surface area contributed by atoms with Crippen LogP contribution in [0, 0.1) is 0 Å². The maximum absolute atomic E-state index is 11.6. The van der Waals surface area contributed by atoms with Crippen LogP contribution < -0.4 is 0 Å². The van der Waals surface area contributed by atoms with Crippen molar-refractivity contribution in [3.63, 3.8) is 0 Å². The Kier molecular flexibility index (Phi) is 2.75. The molecule has 2 saturated heterocycles. The van der Waals surface area contributed by atoms with Gasteiger partial charge in [0.2, 0.25) is 0 Å². The van der Waals surface area contributed by atoms with E-state index in [9.17, 15) is 4.79 Å². The molecule has 2 heteroatoms. The van der Waals surface area contributed by atoms with Crippen molar-refractivity contribution < 1.29 is 4.79 Å². The van der Waals surface area contributed by atoms with Crippen molar-refractivity contribution in [2.75, 3.05) is 0 Å². The minimum absolute atomic E-state index is 0.446. The number of hydrogen-bond acceptors (Lipinski definition) is 2. The monoisotopic (exact) mass is 229 g/mol. The molecule has 0 spiro atoms. The Bertz CT molecular complexity index is 398. The lowest BCUT2D eigenvalue weighted by molar-refractivity contribution is -0.124. The fourth-order valence-corrected chi connectivity index (χ4v) is 3.54. The van der Waals surface area contributed by atoms with Gasteiger partial charge >= 0.3 is 0 Å². The largest absolute Gasteiger partial charge is 0.300 e. The van der Waals surface area contributed by atoms with E-state index in [4.69, 9.17) is 0 Å². The summed E-state index contributed by atoms with van der Waals surface area (Å²) < 4.78 is 0. The Hall–Kier alpha value is -1.15. The van der Waals surface area contributed by atoms with E-state index in [0.29, 0.717) is 23.9 Å². The second-order valence-corrected chi connectivity index (χ2v) is 5.37. The molecule has 90 valence electrons. The number of carbonyl (C=O) groups excluding carboxylic acids is 1. The highest BCUT2D eigenvalue weighted by Gasteiger charge is 2.42. The maximum Gasteiger partial charge on any atom is 0.136 e. The van der Waals surface area contributed by atoms with Gasteiger partial charge in [0.15, 0.2) is 0 Å². The van der Waals surface area contributed by atoms with Gasteiger partial charge in [0.05, 0.1) is 0 Å². The van der Waals surface area contributed by atoms with E-state index in [1.54, 1.807) is 0 Å². The maximum atomic E-state index is 11.6. The Balaban J connectivity index is 1.84. The normalized spacial score (nSPS) is 30.5. The first-order valence-electron chi connectivity index (χ1n) is 6.60. The second-order valence-electron chi connectivity index (χ2n) is 5.37. The summed E-state index contributed by atoms with van der Waals surface area (Å²) in [4.78, 5) is 14.2. The molecule has 3 rings (SSSR count). The van der Waals surface area contributed by atoms with Crippen LogP contribution in [-0.2, 0) is 4.79 Å². The summed E-state index contributed by atoms with van der Waals surface area (Å²) in [6.45, 7) is 2.27. The van der Waals surface area contributed by atoms with Gasteiger partial charge in [-0.15, -0.1) is 0 Å². The fourth-order valence-electron chi connectivity index (χ4n) is 3.54.